The zero-order valence-electron chi connectivity index (χ0n) is 40.9. The minimum absolute atomic E-state index is 0.00792. The normalized spacial score (nSPS) is 21.9. The van der Waals surface area contributed by atoms with Crippen LogP contribution in [0.1, 0.15) is 76.1 Å². The number of halogens is 5. The minimum Gasteiger partial charge on any atom is -0.497 e. The summed E-state index contributed by atoms with van der Waals surface area (Å²) in [6.45, 7) is 10.0. The number of aromatic nitrogens is 3. The van der Waals surface area contributed by atoms with Crippen LogP contribution in [-0.4, -0.2) is 110 Å². The number of pyridine rings is 1. The van der Waals surface area contributed by atoms with E-state index in [1.165, 1.54) is 14.2 Å². The molecule has 5 atom stereocenters. The smallest absolute Gasteiger partial charge is 0.417 e. The van der Waals surface area contributed by atoms with Crippen LogP contribution in [-0.2, 0) is 38.3 Å². The molecule has 4 aliphatic rings. The first kappa shape index (κ1) is 49.7. The highest BCUT2D eigenvalue weighted by molar-refractivity contribution is 7.86. The summed E-state index contributed by atoms with van der Waals surface area (Å²) < 4.78 is 135. The first-order valence-corrected chi connectivity index (χ1v) is 25.1. The average molecular weight is 1010 g/mol. The number of amides is 1. The molecular formula is C50H56F5N7O8S. The van der Waals surface area contributed by atoms with Crippen molar-refractivity contribution in [2.75, 3.05) is 54.9 Å². The molecule has 0 N–H and O–H groups in total. The average Bonchev–Trinajstić information content (AvgIpc) is 3.54. The van der Waals surface area contributed by atoms with Crippen molar-refractivity contribution < 1.29 is 58.3 Å². The maximum Gasteiger partial charge on any atom is 0.417 e. The predicted octanol–water partition coefficient (Wildman–Crippen LogP) is 9.20. The Morgan fingerprint density at radius 1 is 0.930 bits per heavy atom. The molecule has 6 heterocycles. The van der Waals surface area contributed by atoms with Gasteiger partial charge in [-0.1, -0.05) is 24.3 Å². The molecule has 0 spiro atoms. The van der Waals surface area contributed by atoms with E-state index < -0.39 is 91.3 Å². The number of carbonyl (C=O) groups excluding carboxylic acids is 1. The van der Waals surface area contributed by atoms with Crippen molar-refractivity contribution in [2.45, 2.75) is 115 Å². The van der Waals surface area contributed by atoms with Crippen molar-refractivity contribution in [3.63, 3.8) is 0 Å². The van der Waals surface area contributed by atoms with E-state index in [-0.39, 0.29) is 61.0 Å². The molecule has 5 aromatic rings. The van der Waals surface area contributed by atoms with Gasteiger partial charge in [-0.3, -0.25) is 9.08 Å². The van der Waals surface area contributed by atoms with E-state index in [2.05, 4.69) is 4.98 Å². The van der Waals surface area contributed by atoms with E-state index in [1.54, 1.807) is 97.8 Å². The van der Waals surface area contributed by atoms with Gasteiger partial charge < -0.3 is 33.6 Å². The number of benzene rings is 3. The third-order valence-electron chi connectivity index (χ3n) is 13.9. The van der Waals surface area contributed by atoms with Gasteiger partial charge in [0.1, 0.15) is 51.4 Å². The second-order valence-corrected chi connectivity index (χ2v) is 21.6. The number of piperazine rings is 1. The highest BCUT2D eigenvalue weighted by Crippen LogP contribution is 2.50. The Balaban J connectivity index is 1.25. The van der Waals surface area contributed by atoms with Crippen LogP contribution in [0.4, 0.5) is 44.2 Å². The molecule has 0 aliphatic carbocycles. The number of ether oxygens (including phenoxy) is 4. The second kappa shape index (κ2) is 18.1. The Morgan fingerprint density at radius 3 is 2.08 bits per heavy atom. The van der Waals surface area contributed by atoms with Gasteiger partial charge in [0.2, 0.25) is 11.8 Å². The van der Waals surface area contributed by atoms with Gasteiger partial charge in [-0.2, -0.15) is 26.6 Å². The number of nitrogens with zero attached hydrogens (tertiary/aromatic N) is 7. The highest BCUT2D eigenvalue weighted by atomic mass is 32.2. The quantitative estimate of drug-likeness (QED) is 0.0864. The van der Waals surface area contributed by atoms with Gasteiger partial charge in [0, 0.05) is 31.7 Å². The number of rotatable bonds is 12. The van der Waals surface area contributed by atoms with Crippen LogP contribution >= 0.6 is 0 Å². The number of hydrogen-bond acceptors (Lipinski definition) is 14. The number of carbonyl (C=O) groups is 1. The van der Waals surface area contributed by atoms with Crippen molar-refractivity contribution >= 4 is 44.6 Å². The number of anilines is 3. The SMILES string of the molecule is COc1ccc(CN(Cc2ccc(OC)cc2)c2cc(-c3nc4c5c(nc(N6CC[C@@]6(C)COS(C)(=O)=O)nc5c3F)N3C[C@H]5CC[C@@H]([C@H]3[C@H](C)O4)N5C(=O)OC(C)(C)C)c(C(F)(F)F)c(C)c2F)cc1. The van der Waals surface area contributed by atoms with Gasteiger partial charge in [-0.05, 0) is 108 Å². The highest BCUT2D eigenvalue weighted by Gasteiger charge is 2.54. The Kier molecular flexibility index (Phi) is 12.7. The van der Waals surface area contributed by atoms with Crippen molar-refractivity contribution in [1.82, 2.24) is 19.9 Å². The predicted molar refractivity (Wildman–Crippen MR) is 256 cm³/mol. The zero-order chi connectivity index (χ0) is 51.1. The van der Waals surface area contributed by atoms with Gasteiger partial charge in [-0.15, -0.1) is 0 Å². The molecule has 3 fully saturated rings. The first-order valence-electron chi connectivity index (χ1n) is 23.3. The van der Waals surface area contributed by atoms with Crippen molar-refractivity contribution in [3.05, 3.63) is 88.5 Å². The number of hydrogen-bond donors (Lipinski definition) is 0. The van der Waals surface area contributed by atoms with Gasteiger partial charge in [-0.25, -0.2) is 23.5 Å². The Morgan fingerprint density at radius 2 is 1.55 bits per heavy atom. The standard InChI is InChI=1S/C50H56F5N7O8S/c1-27-38(50(53,54)55)34(22-36(39(27)51)59(23-29-10-15-32(66-7)16-11-29)24-30-12-17-33(67-8)18-13-30)41-40(52)42-37-44(58-46(57-42)61-21-20-49(61,6)26-68-71(9,64)65)60-25-31-14-19-35(43(60)28(2)69-45(37)56-41)62(31)47(63)70-48(3,4)5/h10-13,15-18,22,28,31,35,43H,14,19-21,23-26H2,1-9H3/t28-,31+,35-,43+,49-/m0/s1. The molecule has 1 amide bonds. The fourth-order valence-electron chi connectivity index (χ4n) is 10.3. The third kappa shape index (κ3) is 9.42. The van der Waals surface area contributed by atoms with Crippen LogP contribution in [0.3, 0.4) is 0 Å². The molecule has 0 saturated carbocycles. The molecule has 21 heteroatoms. The summed E-state index contributed by atoms with van der Waals surface area (Å²) in [5.74, 6) is -1.46. The lowest BCUT2D eigenvalue weighted by molar-refractivity contribution is -0.137. The molecule has 2 bridgehead atoms. The van der Waals surface area contributed by atoms with E-state index in [9.17, 15) is 13.2 Å². The van der Waals surface area contributed by atoms with Crippen molar-refractivity contribution in [2.24, 2.45) is 0 Å². The Bertz CT molecular complexity index is 2950. The summed E-state index contributed by atoms with van der Waals surface area (Å²) in [5.41, 5.74) is -4.95. The van der Waals surface area contributed by atoms with Crippen LogP contribution in [0.5, 0.6) is 17.4 Å². The largest absolute Gasteiger partial charge is 0.497 e. The molecule has 0 unspecified atom stereocenters. The van der Waals surface area contributed by atoms with Crippen LogP contribution in [0.2, 0.25) is 0 Å². The first-order chi connectivity index (χ1) is 33.4. The molecule has 3 aromatic carbocycles. The molecule has 15 nitrogen and oxygen atoms in total. The molecule has 0 radical (unpaired) electrons. The summed E-state index contributed by atoms with van der Waals surface area (Å²) in [7, 11) is -0.872. The number of methoxy groups -OCH3 is 2. The van der Waals surface area contributed by atoms with Gasteiger partial charge in [0.25, 0.3) is 10.1 Å². The number of fused-ring (bicyclic) bond motifs is 5. The van der Waals surface area contributed by atoms with Crippen LogP contribution in [0.25, 0.3) is 22.2 Å². The lowest BCUT2D eigenvalue weighted by atomic mass is 9.88. The molecular weight excluding hydrogens is 954 g/mol. The zero-order valence-corrected chi connectivity index (χ0v) is 41.7. The fraction of sp³-hybridized carbons (Fsp3) is 0.480. The van der Waals surface area contributed by atoms with E-state index in [0.29, 0.717) is 48.4 Å². The summed E-state index contributed by atoms with van der Waals surface area (Å²) in [5, 5.41) is -0.0164. The summed E-state index contributed by atoms with van der Waals surface area (Å²) in [6, 6.07) is 13.3. The monoisotopic (exact) mass is 1010 g/mol. The molecule has 71 heavy (non-hydrogen) atoms. The maximum atomic E-state index is 18.1. The summed E-state index contributed by atoms with van der Waals surface area (Å²) >= 11 is 0. The third-order valence-corrected chi connectivity index (χ3v) is 14.4. The molecule has 4 aliphatic heterocycles. The van der Waals surface area contributed by atoms with Gasteiger partial charge in [0.15, 0.2) is 5.82 Å². The second-order valence-electron chi connectivity index (χ2n) is 20.0. The van der Waals surface area contributed by atoms with E-state index in [1.807, 2.05) is 4.90 Å². The molecule has 9 rings (SSSR count). The summed E-state index contributed by atoms with van der Waals surface area (Å²) in [4.78, 5) is 35.1. The van der Waals surface area contributed by atoms with Crippen molar-refractivity contribution in [3.8, 4) is 28.6 Å². The fourth-order valence-corrected chi connectivity index (χ4v) is 10.8. The lowest BCUT2D eigenvalue weighted by Crippen LogP contribution is -2.65. The Hall–Kier alpha value is -6.22. The van der Waals surface area contributed by atoms with E-state index >= 15 is 22.0 Å². The van der Waals surface area contributed by atoms with Crippen molar-refractivity contribution in [1.29, 1.82) is 0 Å². The molecule has 380 valence electrons. The van der Waals surface area contributed by atoms with Crippen LogP contribution in [0, 0.1) is 18.6 Å². The van der Waals surface area contributed by atoms with Gasteiger partial charge >= 0.3 is 12.3 Å². The summed E-state index contributed by atoms with van der Waals surface area (Å²) in [6.07, 6.45) is -4.05. The van der Waals surface area contributed by atoms with Gasteiger partial charge in [0.05, 0.1) is 62.0 Å². The van der Waals surface area contributed by atoms with E-state index in [4.69, 9.17) is 33.1 Å². The van der Waals surface area contributed by atoms with Crippen LogP contribution in [0.15, 0.2) is 54.6 Å². The lowest BCUT2D eigenvalue weighted by Gasteiger charge is -2.50. The Labute approximate surface area is 408 Å². The molecule has 3 saturated heterocycles. The van der Waals surface area contributed by atoms with E-state index in [0.717, 1.165) is 19.2 Å². The molecule has 2 aromatic heterocycles. The maximum absolute atomic E-state index is 18.1. The van der Waals surface area contributed by atoms with Crippen LogP contribution < -0.4 is 28.9 Å². The minimum atomic E-state index is -5.22. The number of alkyl halides is 3. The topological polar surface area (TPSA) is 149 Å².